The van der Waals surface area contributed by atoms with Crippen LogP contribution >= 0.6 is 15.9 Å². The van der Waals surface area contributed by atoms with Gasteiger partial charge in [-0.15, -0.1) is 10.2 Å². The van der Waals surface area contributed by atoms with E-state index in [1.54, 1.807) is 17.2 Å². The Hall–Kier alpha value is -1.10. The molecule has 2 heterocycles. The van der Waals surface area contributed by atoms with Crippen molar-refractivity contribution in [3.63, 3.8) is 0 Å². The molecule has 0 aliphatic rings. The van der Waals surface area contributed by atoms with Gasteiger partial charge in [0.25, 0.3) is 0 Å². The number of hydrogen-bond acceptors (Lipinski definition) is 3. The van der Waals surface area contributed by atoms with Crippen molar-refractivity contribution in [1.29, 1.82) is 0 Å². The molecule has 0 radical (unpaired) electrons. The van der Waals surface area contributed by atoms with Crippen LogP contribution in [0.2, 0.25) is 0 Å². The van der Waals surface area contributed by atoms with Gasteiger partial charge >= 0.3 is 0 Å². The lowest BCUT2D eigenvalue weighted by molar-refractivity contribution is 0.515. The Kier molecular flexibility index (Phi) is 1.50. The SMILES string of the molecule is Brc1ccc(-n2cnnc2)o1. The smallest absolute Gasteiger partial charge is 0.207 e. The maximum absolute atomic E-state index is 5.23. The van der Waals surface area contributed by atoms with Gasteiger partial charge < -0.3 is 4.42 Å². The molecule has 0 amide bonds. The molecule has 0 saturated heterocycles. The van der Waals surface area contributed by atoms with Crippen LogP contribution in [0.25, 0.3) is 5.88 Å². The van der Waals surface area contributed by atoms with Gasteiger partial charge in [0, 0.05) is 6.07 Å². The minimum absolute atomic E-state index is 0.696. The minimum atomic E-state index is 0.696. The lowest BCUT2D eigenvalue weighted by Crippen LogP contribution is -1.84. The average Bonchev–Trinajstić information content (AvgIpc) is 2.55. The van der Waals surface area contributed by atoms with E-state index in [0.717, 1.165) is 0 Å². The van der Waals surface area contributed by atoms with Crippen molar-refractivity contribution in [3.8, 4) is 5.88 Å². The summed E-state index contributed by atoms with van der Waals surface area (Å²) in [7, 11) is 0. The van der Waals surface area contributed by atoms with Gasteiger partial charge in [-0.1, -0.05) is 0 Å². The molecule has 0 aliphatic carbocycles. The standard InChI is InChI=1S/C6H4BrN3O/c7-5-1-2-6(11-5)10-3-8-9-4-10/h1-4H. The highest BCUT2D eigenvalue weighted by atomic mass is 79.9. The maximum atomic E-state index is 5.23. The zero-order valence-corrected chi connectivity index (χ0v) is 7.02. The molecule has 2 aromatic heterocycles. The number of hydrogen-bond donors (Lipinski definition) is 0. The van der Waals surface area contributed by atoms with Crippen molar-refractivity contribution in [2.45, 2.75) is 0 Å². The summed E-state index contributed by atoms with van der Waals surface area (Å²) in [5, 5.41) is 7.29. The van der Waals surface area contributed by atoms with E-state index >= 15 is 0 Å². The van der Waals surface area contributed by atoms with Crippen LogP contribution < -0.4 is 0 Å². The van der Waals surface area contributed by atoms with E-state index in [1.807, 2.05) is 12.1 Å². The summed E-state index contributed by atoms with van der Waals surface area (Å²) in [6.45, 7) is 0. The fraction of sp³-hybridized carbons (Fsp3) is 0. The number of aromatic nitrogens is 3. The van der Waals surface area contributed by atoms with Crippen LogP contribution in [0, 0.1) is 0 Å². The lowest BCUT2D eigenvalue weighted by Gasteiger charge is -1.90. The topological polar surface area (TPSA) is 43.9 Å². The monoisotopic (exact) mass is 213 g/mol. The van der Waals surface area contributed by atoms with Crippen LogP contribution in [0.1, 0.15) is 0 Å². The molecule has 0 N–H and O–H groups in total. The number of rotatable bonds is 1. The van der Waals surface area contributed by atoms with Crippen molar-refractivity contribution in [2.24, 2.45) is 0 Å². The summed E-state index contributed by atoms with van der Waals surface area (Å²) < 4.78 is 7.61. The molecular formula is C6H4BrN3O. The van der Waals surface area contributed by atoms with Crippen LogP contribution in [-0.2, 0) is 0 Å². The number of nitrogens with zero attached hydrogens (tertiary/aromatic N) is 3. The Labute approximate surface area is 71.0 Å². The van der Waals surface area contributed by atoms with Gasteiger partial charge in [-0.25, -0.2) is 0 Å². The second-order valence-corrected chi connectivity index (χ2v) is 2.73. The summed E-state index contributed by atoms with van der Waals surface area (Å²) in [6, 6.07) is 3.64. The van der Waals surface area contributed by atoms with Gasteiger partial charge in [0.15, 0.2) is 4.67 Å². The van der Waals surface area contributed by atoms with Crippen LogP contribution in [-0.4, -0.2) is 14.8 Å². The van der Waals surface area contributed by atoms with E-state index in [-0.39, 0.29) is 0 Å². The Morgan fingerprint density at radius 1 is 1.27 bits per heavy atom. The van der Waals surface area contributed by atoms with Gasteiger partial charge in [0.05, 0.1) is 0 Å². The highest BCUT2D eigenvalue weighted by Crippen LogP contribution is 2.16. The molecular weight excluding hydrogens is 210 g/mol. The van der Waals surface area contributed by atoms with Crippen LogP contribution in [0.15, 0.2) is 33.9 Å². The fourth-order valence-corrected chi connectivity index (χ4v) is 1.06. The quantitative estimate of drug-likeness (QED) is 0.724. The lowest BCUT2D eigenvalue weighted by atomic mass is 10.6. The average molecular weight is 214 g/mol. The third kappa shape index (κ3) is 1.19. The van der Waals surface area contributed by atoms with Gasteiger partial charge in [-0.05, 0) is 22.0 Å². The molecule has 11 heavy (non-hydrogen) atoms. The van der Waals surface area contributed by atoms with Crippen molar-refractivity contribution in [3.05, 3.63) is 29.5 Å². The largest absolute Gasteiger partial charge is 0.433 e. The predicted octanol–water partition coefficient (Wildman–Crippen LogP) is 1.62. The van der Waals surface area contributed by atoms with E-state index in [4.69, 9.17) is 4.42 Å². The molecule has 0 spiro atoms. The van der Waals surface area contributed by atoms with E-state index < -0.39 is 0 Å². The van der Waals surface area contributed by atoms with Gasteiger partial charge in [0.1, 0.15) is 12.7 Å². The van der Waals surface area contributed by atoms with Crippen molar-refractivity contribution >= 4 is 15.9 Å². The van der Waals surface area contributed by atoms with Crippen molar-refractivity contribution in [2.75, 3.05) is 0 Å². The number of furan rings is 1. The van der Waals surface area contributed by atoms with Crippen molar-refractivity contribution in [1.82, 2.24) is 14.8 Å². The molecule has 0 fully saturated rings. The van der Waals surface area contributed by atoms with E-state index in [9.17, 15) is 0 Å². The highest BCUT2D eigenvalue weighted by Gasteiger charge is 1.99. The fourth-order valence-electron chi connectivity index (χ4n) is 0.758. The normalized spacial score (nSPS) is 10.3. The summed E-state index contributed by atoms with van der Waals surface area (Å²) in [6.07, 6.45) is 3.15. The second kappa shape index (κ2) is 2.50. The minimum Gasteiger partial charge on any atom is -0.433 e. The Bertz CT molecular complexity index is 340. The van der Waals surface area contributed by atoms with Crippen LogP contribution in [0.4, 0.5) is 0 Å². The summed E-state index contributed by atoms with van der Waals surface area (Å²) >= 11 is 3.20. The molecule has 0 atom stereocenters. The highest BCUT2D eigenvalue weighted by molar-refractivity contribution is 9.10. The molecule has 4 nitrogen and oxygen atoms in total. The van der Waals surface area contributed by atoms with Crippen molar-refractivity contribution < 1.29 is 4.42 Å². The van der Waals surface area contributed by atoms with Gasteiger partial charge in [-0.3, -0.25) is 4.57 Å². The zero-order chi connectivity index (χ0) is 7.68. The molecule has 2 aromatic rings. The molecule has 2 rings (SSSR count). The van der Waals surface area contributed by atoms with E-state index in [0.29, 0.717) is 10.6 Å². The van der Waals surface area contributed by atoms with E-state index in [2.05, 4.69) is 26.1 Å². The summed E-state index contributed by atoms with van der Waals surface area (Å²) in [5.74, 6) is 0.696. The van der Waals surface area contributed by atoms with Crippen LogP contribution in [0.5, 0.6) is 0 Å². The Morgan fingerprint density at radius 2 is 2.00 bits per heavy atom. The molecule has 0 saturated carbocycles. The molecule has 56 valence electrons. The molecule has 0 aromatic carbocycles. The second-order valence-electron chi connectivity index (χ2n) is 1.95. The van der Waals surface area contributed by atoms with Gasteiger partial charge in [0.2, 0.25) is 5.88 Å². The van der Waals surface area contributed by atoms with Gasteiger partial charge in [-0.2, -0.15) is 0 Å². The Morgan fingerprint density at radius 3 is 2.55 bits per heavy atom. The first-order valence-electron chi connectivity index (χ1n) is 2.96. The third-order valence-electron chi connectivity index (χ3n) is 1.23. The first-order valence-corrected chi connectivity index (χ1v) is 3.76. The third-order valence-corrected chi connectivity index (χ3v) is 1.66. The predicted molar refractivity (Wildman–Crippen MR) is 41.3 cm³/mol. The Balaban J connectivity index is 2.45. The zero-order valence-electron chi connectivity index (χ0n) is 5.44. The maximum Gasteiger partial charge on any atom is 0.207 e. The summed E-state index contributed by atoms with van der Waals surface area (Å²) in [5.41, 5.74) is 0. The van der Waals surface area contributed by atoms with Crippen LogP contribution in [0.3, 0.4) is 0 Å². The molecule has 0 aliphatic heterocycles. The molecule has 0 unspecified atom stereocenters. The summed E-state index contributed by atoms with van der Waals surface area (Å²) in [4.78, 5) is 0. The number of halogens is 1. The first-order chi connectivity index (χ1) is 5.36. The first kappa shape index (κ1) is 6.60. The van der Waals surface area contributed by atoms with E-state index in [1.165, 1.54) is 0 Å². The molecule has 5 heteroatoms. The molecule has 0 bridgehead atoms.